The molecule has 1 atom stereocenters. The van der Waals surface area contributed by atoms with Gasteiger partial charge in [0.25, 0.3) is 0 Å². The highest BCUT2D eigenvalue weighted by atomic mass is 16.5. The van der Waals surface area contributed by atoms with Gasteiger partial charge in [-0.2, -0.15) is 0 Å². The summed E-state index contributed by atoms with van der Waals surface area (Å²) in [7, 11) is 1.67. The van der Waals surface area contributed by atoms with E-state index in [1.54, 1.807) is 7.11 Å². The van der Waals surface area contributed by atoms with Crippen LogP contribution >= 0.6 is 0 Å². The number of hydrogen-bond acceptors (Lipinski definition) is 3. The van der Waals surface area contributed by atoms with Crippen LogP contribution in [0.3, 0.4) is 0 Å². The summed E-state index contributed by atoms with van der Waals surface area (Å²) < 4.78 is 5.20. The lowest BCUT2D eigenvalue weighted by atomic mass is 9.87. The Bertz CT molecular complexity index is 378. The fraction of sp³-hybridized carbons (Fsp3) is 0.625. The van der Waals surface area contributed by atoms with Gasteiger partial charge in [0.15, 0.2) is 0 Å². The molecule has 2 rings (SSSR count). The van der Waals surface area contributed by atoms with Crippen molar-refractivity contribution in [1.29, 1.82) is 0 Å². The Morgan fingerprint density at radius 1 is 1.26 bits per heavy atom. The predicted octanol–water partition coefficient (Wildman–Crippen LogP) is 2.83. The van der Waals surface area contributed by atoms with Crippen molar-refractivity contribution in [3.05, 3.63) is 29.8 Å². The lowest BCUT2D eigenvalue weighted by molar-refractivity contribution is 0.141. The van der Waals surface area contributed by atoms with Crippen molar-refractivity contribution >= 4 is 0 Å². The standard InChI is InChI=1S/C16H25NO2/c1-3-16(12-18,17-14-6-4-5-7-14)13-8-10-15(19-2)11-9-13/h8-11,14,17-18H,3-7,12H2,1-2H3. The third kappa shape index (κ3) is 3.10. The van der Waals surface area contributed by atoms with E-state index in [0.29, 0.717) is 6.04 Å². The van der Waals surface area contributed by atoms with Gasteiger partial charge in [-0.1, -0.05) is 31.9 Å². The first-order chi connectivity index (χ1) is 9.24. The van der Waals surface area contributed by atoms with Crippen LogP contribution in [0.1, 0.15) is 44.6 Å². The first-order valence-electron chi connectivity index (χ1n) is 7.27. The molecule has 0 aliphatic heterocycles. The van der Waals surface area contributed by atoms with Gasteiger partial charge in [0.2, 0.25) is 0 Å². The van der Waals surface area contributed by atoms with Crippen LogP contribution in [0.5, 0.6) is 5.75 Å². The number of hydrogen-bond donors (Lipinski definition) is 2. The van der Waals surface area contributed by atoms with Gasteiger partial charge in [-0.3, -0.25) is 0 Å². The molecule has 3 nitrogen and oxygen atoms in total. The maximum Gasteiger partial charge on any atom is 0.118 e. The molecule has 0 bridgehead atoms. The Kier molecular flexibility index (Phi) is 4.83. The summed E-state index contributed by atoms with van der Waals surface area (Å²) in [6.45, 7) is 2.26. The molecule has 19 heavy (non-hydrogen) atoms. The number of rotatable bonds is 6. The molecule has 1 aliphatic rings. The molecule has 0 aromatic heterocycles. The van der Waals surface area contributed by atoms with Gasteiger partial charge in [0, 0.05) is 6.04 Å². The number of methoxy groups -OCH3 is 1. The van der Waals surface area contributed by atoms with Crippen molar-refractivity contribution in [1.82, 2.24) is 5.32 Å². The number of ether oxygens (including phenoxy) is 1. The summed E-state index contributed by atoms with van der Waals surface area (Å²) in [5.41, 5.74) is 0.826. The van der Waals surface area contributed by atoms with E-state index in [-0.39, 0.29) is 12.1 Å². The summed E-state index contributed by atoms with van der Waals surface area (Å²) in [6, 6.07) is 8.58. The quantitative estimate of drug-likeness (QED) is 0.829. The first-order valence-corrected chi connectivity index (χ1v) is 7.27. The van der Waals surface area contributed by atoms with Crippen LogP contribution in [-0.4, -0.2) is 24.9 Å². The second kappa shape index (κ2) is 6.40. The third-order valence-electron chi connectivity index (χ3n) is 4.35. The molecule has 106 valence electrons. The van der Waals surface area contributed by atoms with Gasteiger partial charge >= 0.3 is 0 Å². The molecule has 1 aromatic rings. The van der Waals surface area contributed by atoms with Gasteiger partial charge in [-0.25, -0.2) is 0 Å². The fourth-order valence-corrected chi connectivity index (χ4v) is 3.01. The Hall–Kier alpha value is -1.06. The van der Waals surface area contributed by atoms with Crippen molar-refractivity contribution in [2.75, 3.05) is 13.7 Å². The summed E-state index contributed by atoms with van der Waals surface area (Å²) in [6.07, 6.45) is 5.92. The van der Waals surface area contributed by atoms with Gasteiger partial charge in [-0.15, -0.1) is 0 Å². The average molecular weight is 263 g/mol. The van der Waals surface area contributed by atoms with E-state index in [2.05, 4.69) is 24.4 Å². The molecule has 1 fully saturated rings. The van der Waals surface area contributed by atoms with E-state index in [0.717, 1.165) is 17.7 Å². The highest BCUT2D eigenvalue weighted by Crippen LogP contribution is 2.30. The molecule has 1 aliphatic carbocycles. The molecular weight excluding hydrogens is 238 g/mol. The molecule has 0 spiro atoms. The fourth-order valence-electron chi connectivity index (χ4n) is 3.01. The smallest absolute Gasteiger partial charge is 0.118 e. The number of nitrogens with one attached hydrogen (secondary N) is 1. The van der Waals surface area contributed by atoms with E-state index < -0.39 is 0 Å². The SMILES string of the molecule is CCC(CO)(NC1CCCC1)c1ccc(OC)cc1. The average Bonchev–Trinajstić information content (AvgIpc) is 2.98. The van der Waals surface area contributed by atoms with E-state index in [9.17, 15) is 5.11 Å². The van der Waals surface area contributed by atoms with Crippen molar-refractivity contribution in [3.63, 3.8) is 0 Å². The summed E-state index contributed by atoms with van der Waals surface area (Å²) in [5, 5.41) is 13.6. The van der Waals surface area contributed by atoms with E-state index in [1.807, 2.05) is 12.1 Å². The minimum atomic E-state index is -0.318. The van der Waals surface area contributed by atoms with Crippen LogP contribution in [-0.2, 0) is 5.54 Å². The minimum Gasteiger partial charge on any atom is -0.497 e. The van der Waals surface area contributed by atoms with Crippen LogP contribution in [0, 0.1) is 0 Å². The zero-order valence-corrected chi connectivity index (χ0v) is 12.0. The summed E-state index contributed by atoms with van der Waals surface area (Å²) in [4.78, 5) is 0. The van der Waals surface area contributed by atoms with Crippen LogP contribution in [0.15, 0.2) is 24.3 Å². The monoisotopic (exact) mass is 263 g/mol. The van der Waals surface area contributed by atoms with Crippen molar-refractivity contribution < 1.29 is 9.84 Å². The molecule has 0 radical (unpaired) electrons. The van der Waals surface area contributed by atoms with E-state index >= 15 is 0 Å². The molecule has 0 heterocycles. The van der Waals surface area contributed by atoms with Crippen LogP contribution in [0.25, 0.3) is 0 Å². The summed E-state index contributed by atoms with van der Waals surface area (Å²) >= 11 is 0. The second-order valence-electron chi connectivity index (χ2n) is 5.45. The van der Waals surface area contributed by atoms with Crippen LogP contribution < -0.4 is 10.1 Å². The molecule has 1 aromatic carbocycles. The lowest BCUT2D eigenvalue weighted by Gasteiger charge is -2.35. The number of benzene rings is 1. The highest BCUT2D eigenvalue weighted by molar-refractivity contribution is 5.32. The van der Waals surface area contributed by atoms with Gasteiger partial charge in [0.1, 0.15) is 5.75 Å². The van der Waals surface area contributed by atoms with Gasteiger partial charge in [0.05, 0.1) is 19.3 Å². The molecule has 1 unspecified atom stereocenters. The maximum absolute atomic E-state index is 9.92. The topological polar surface area (TPSA) is 41.5 Å². The summed E-state index contributed by atoms with van der Waals surface area (Å²) in [5.74, 6) is 0.854. The highest BCUT2D eigenvalue weighted by Gasteiger charge is 2.32. The zero-order chi connectivity index (χ0) is 13.7. The largest absolute Gasteiger partial charge is 0.497 e. The second-order valence-corrected chi connectivity index (χ2v) is 5.45. The van der Waals surface area contributed by atoms with Crippen LogP contribution in [0.4, 0.5) is 0 Å². The molecule has 1 saturated carbocycles. The Morgan fingerprint density at radius 2 is 1.89 bits per heavy atom. The van der Waals surface area contributed by atoms with E-state index in [1.165, 1.54) is 25.7 Å². The molecular formula is C16H25NO2. The zero-order valence-electron chi connectivity index (χ0n) is 12.0. The van der Waals surface area contributed by atoms with Gasteiger partial charge < -0.3 is 15.2 Å². The Balaban J connectivity index is 2.20. The van der Waals surface area contributed by atoms with Crippen molar-refractivity contribution in [2.24, 2.45) is 0 Å². The predicted molar refractivity (Wildman–Crippen MR) is 77.4 cm³/mol. The number of aliphatic hydroxyl groups excluding tert-OH is 1. The maximum atomic E-state index is 9.92. The Morgan fingerprint density at radius 3 is 2.37 bits per heavy atom. The third-order valence-corrected chi connectivity index (χ3v) is 4.35. The molecule has 0 saturated heterocycles. The lowest BCUT2D eigenvalue weighted by Crippen LogP contribution is -2.49. The van der Waals surface area contributed by atoms with E-state index in [4.69, 9.17) is 4.74 Å². The molecule has 0 amide bonds. The van der Waals surface area contributed by atoms with Gasteiger partial charge in [-0.05, 0) is 37.0 Å². The van der Waals surface area contributed by atoms with Crippen molar-refractivity contribution in [3.8, 4) is 5.75 Å². The van der Waals surface area contributed by atoms with Crippen LogP contribution in [0.2, 0.25) is 0 Å². The Labute approximate surface area is 116 Å². The normalized spacial score (nSPS) is 19.3. The van der Waals surface area contributed by atoms with Crippen molar-refractivity contribution in [2.45, 2.75) is 50.6 Å². The first kappa shape index (κ1) is 14.4. The molecule has 2 N–H and O–H groups in total. The number of aliphatic hydroxyl groups is 1. The molecule has 3 heteroatoms. The minimum absolute atomic E-state index is 0.131.